The molecule has 2 N–H and O–H groups in total. The summed E-state index contributed by atoms with van der Waals surface area (Å²) < 4.78 is 24.0. The molecule has 2 aromatic carbocycles. The molecule has 1 aliphatic heterocycles. The van der Waals surface area contributed by atoms with Crippen LogP contribution in [-0.4, -0.2) is 66.6 Å². The molecule has 3 rings (SSSR count). The average molecular weight is 489 g/mol. The maximum absolute atomic E-state index is 13.5. The van der Waals surface area contributed by atoms with Gasteiger partial charge in [-0.15, -0.1) is 0 Å². The number of hydrazine groups is 1. The minimum absolute atomic E-state index is 0.0397. The highest BCUT2D eigenvalue weighted by Crippen LogP contribution is 2.27. The van der Waals surface area contributed by atoms with E-state index in [1.807, 2.05) is 12.1 Å². The summed E-state index contributed by atoms with van der Waals surface area (Å²) in [6.07, 6.45) is 0.307. The quantitative estimate of drug-likeness (QED) is 0.518. The maximum atomic E-state index is 13.5. The molecule has 0 radical (unpaired) electrons. The normalized spacial score (nSPS) is 15.4. The van der Waals surface area contributed by atoms with Crippen LogP contribution in [0.4, 0.5) is 4.39 Å². The van der Waals surface area contributed by atoms with Crippen molar-refractivity contribution in [1.82, 2.24) is 20.7 Å². The Morgan fingerprint density at radius 3 is 2.53 bits per heavy atom. The monoisotopic (exact) mass is 488 g/mol. The molecule has 34 heavy (non-hydrogen) atoms. The number of halogens is 1. The third-order valence-electron chi connectivity index (χ3n) is 5.29. The summed E-state index contributed by atoms with van der Waals surface area (Å²) in [4.78, 5) is 38.9. The van der Waals surface area contributed by atoms with Gasteiger partial charge in [0.2, 0.25) is 5.91 Å². The van der Waals surface area contributed by atoms with E-state index in [1.54, 1.807) is 20.3 Å². The van der Waals surface area contributed by atoms with Gasteiger partial charge in [0.05, 0.1) is 20.6 Å². The smallest absolute Gasteiger partial charge is 0.269 e. The number of methoxy groups -OCH3 is 2. The van der Waals surface area contributed by atoms with E-state index in [0.29, 0.717) is 24.5 Å². The van der Waals surface area contributed by atoms with Crippen LogP contribution < -0.4 is 20.2 Å². The van der Waals surface area contributed by atoms with E-state index in [1.165, 1.54) is 35.2 Å². The molecule has 1 unspecified atom stereocenters. The molecule has 9 nitrogen and oxygen atoms in total. The summed E-state index contributed by atoms with van der Waals surface area (Å²) in [6, 6.07) is 9.55. The second kappa shape index (κ2) is 10.9. The number of carbonyl (C=O) groups excluding carboxylic acids is 3. The summed E-state index contributed by atoms with van der Waals surface area (Å²) >= 11 is 5.25. The molecule has 0 aromatic heterocycles. The second-order valence-corrected chi connectivity index (χ2v) is 7.88. The van der Waals surface area contributed by atoms with Gasteiger partial charge in [-0.2, -0.15) is 0 Å². The standard InChI is InChI=1S/C23H25FN4O5S/c1-27-22(31)17(28(23(27)34)26-21(30)15-5-4-6-16(24)12-15)13-20(29)25-10-9-14-7-8-18(32-2)19(11-14)33-3/h4-8,11-12,17H,9-10,13H2,1-3H3,(H,25,29)(H,26,30). The number of amides is 3. The van der Waals surface area contributed by atoms with Crippen molar-refractivity contribution in [1.29, 1.82) is 0 Å². The van der Waals surface area contributed by atoms with Crippen LogP contribution in [0.5, 0.6) is 11.5 Å². The summed E-state index contributed by atoms with van der Waals surface area (Å²) in [6.45, 7) is 0.325. The van der Waals surface area contributed by atoms with Gasteiger partial charge in [-0.25, -0.2) is 9.40 Å². The lowest BCUT2D eigenvalue weighted by Gasteiger charge is -2.24. The first kappa shape index (κ1) is 24.9. The van der Waals surface area contributed by atoms with Crippen molar-refractivity contribution in [2.45, 2.75) is 18.9 Å². The van der Waals surface area contributed by atoms with E-state index in [-0.39, 0.29) is 23.0 Å². The van der Waals surface area contributed by atoms with Crippen molar-refractivity contribution >= 4 is 35.1 Å². The van der Waals surface area contributed by atoms with Crippen molar-refractivity contribution in [3.05, 3.63) is 59.4 Å². The number of nitrogens with zero attached hydrogens (tertiary/aromatic N) is 2. The number of benzene rings is 2. The number of hydrogen-bond donors (Lipinski definition) is 2. The van der Waals surface area contributed by atoms with Crippen molar-refractivity contribution < 1.29 is 28.2 Å². The molecule has 180 valence electrons. The molecule has 0 aliphatic carbocycles. The molecule has 1 fully saturated rings. The molecule has 0 saturated carbocycles. The topological polar surface area (TPSA) is 100 Å². The molecular weight excluding hydrogens is 463 g/mol. The molecule has 1 aliphatic rings. The Labute approximate surface area is 201 Å². The predicted octanol–water partition coefficient (Wildman–Crippen LogP) is 1.66. The molecule has 2 aromatic rings. The largest absolute Gasteiger partial charge is 0.493 e. The van der Waals surface area contributed by atoms with Crippen LogP contribution in [0, 0.1) is 5.82 Å². The lowest BCUT2D eigenvalue weighted by Crippen LogP contribution is -2.50. The Morgan fingerprint density at radius 1 is 1.12 bits per heavy atom. The van der Waals surface area contributed by atoms with E-state index in [2.05, 4.69) is 10.7 Å². The highest BCUT2D eigenvalue weighted by atomic mass is 32.1. The number of likely N-dealkylation sites (N-methyl/N-ethyl adjacent to an activating group) is 1. The Kier molecular flexibility index (Phi) is 8.00. The summed E-state index contributed by atoms with van der Waals surface area (Å²) in [7, 11) is 4.55. The first-order valence-electron chi connectivity index (χ1n) is 10.4. The van der Waals surface area contributed by atoms with Crippen LogP contribution in [0.3, 0.4) is 0 Å². The van der Waals surface area contributed by atoms with E-state index in [9.17, 15) is 18.8 Å². The molecule has 0 spiro atoms. The molecule has 1 saturated heterocycles. The number of hydrogen-bond acceptors (Lipinski definition) is 6. The third kappa shape index (κ3) is 5.60. The summed E-state index contributed by atoms with van der Waals surface area (Å²) in [5.41, 5.74) is 3.50. The zero-order valence-corrected chi connectivity index (χ0v) is 19.8. The van der Waals surface area contributed by atoms with Crippen LogP contribution in [0.15, 0.2) is 42.5 Å². The first-order valence-corrected chi connectivity index (χ1v) is 10.8. The van der Waals surface area contributed by atoms with Gasteiger partial charge in [-0.3, -0.25) is 24.7 Å². The zero-order valence-electron chi connectivity index (χ0n) is 19.0. The van der Waals surface area contributed by atoms with Gasteiger partial charge in [0.1, 0.15) is 11.9 Å². The third-order valence-corrected chi connectivity index (χ3v) is 5.76. The van der Waals surface area contributed by atoms with Crippen LogP contribution in [0.2, 0.25) is 0 Å². The Balaban J connectivity index is 1.60. The van der Waals surface area contributed by atoms with Gasteiger partial charge in [-0.1, -0.05) is 12.1 Å². The Bertz CT molecular complexity index is 1110. The van der Waals surface area contributed by atoms with E-state index in [0.717, 1.165) is 11.6 Å². The molecule has 3 amide bonds. The van der Waals surface area contributed by atoms with Gasteiger partial charge in [0.15, 0.2) is 16.6 Å². The van der Waals surface area contributed by atoms with Crippen LogP contribution in [-0.2, 0) is 16.0 Å². The molecular formula is C23H25FN4O5S. The lowest BCUT2D eigenvalue weighted by molar-refractivity contribution is -0.131. The molecule has 1 heterocycles. The van der Waals surface area contributed by atoms with Crippen molar-refractivity contribution in [2.75, 3.05) is 27.8 Å². The minimum Gasteiger partial charge on any atom is -0.493 e. The fourth-order valence-electron chi connectivity index (χ4n) is 3.46. The zero-order chi connectivity index (χ0) is 24.8. The Morgan fingerprint density at radius 2 is 1.85 bits per heavy atom. The number of ether oxygens (including phenoxy) is 2. The van der Waals surface area contributed by atoms with Gasteiger partial charge < -0.3 is 14.8 Å². The number of rotatable bonds is 9. The van der Waals surface area contributed by atoms with Crippen LogP contribution in [0.25, 0.3) is 0 Å². The van der Waals surface area contributed by atoms with Crippen molar-refractivity contribution in [3.8, 4) is 11.5 Å². The van der Waals surface area contributed by atoms with Crippen LogP contribution >= 0.6 is 12.2 Å². The van der Waals surface area contributed by atoms with Crippen LogP contribution in [0.1, 0.15) is 22.3 Å². The second-order valence-electron chi connectivity index (χ2n) is 7.51. The number of thiocarbonyl (C=S) groups is 1. The number of nitrogens with one attached hydrogen (secondary N) is 2. The van der Waals surface area contributed by atoms with Gasteiger partial charge in [0.25, 0.3) is 11.8 Å². The SMILES string of the molecule is COc1ccc(CCNC(=O)CC2C(=O)N(C)C(=S)N2NC(=O)c2cccc(F)c2)cc1OC. The summed E-state index contributed by atoms with van der Waals surface area (Å²) in [5.74, 6) is -0.847. The van der Waals surface area contributed by atoms with E-state index in [4.69, 9.17) is 21.7 Å². The van der Waals surface area contributed by atoms with E-state index >= 15 is 0 Å². The highest BCUT2D eigenvalue weighted by molar-refractivity contribution is 7.80. The average Bonchev–Trinajstić information content (AvgIpc) is 3.02. The van der Waals surface area contributed by atoms with Gasteiger partial charge in [0, 0.05) is 19.2 Å². The Hall–Kier alpha value is -3.73. The maximum Gasteiger partial charge on any atom is 0.269 e. The highest BCUT2D eigenvalue weighted by Gasteiger charge is 2.42. The predicted molar refractivity (Wildman–Crippen MR) is 126 cm³/mol. The number of carbonyl (C=O) groups is 3. The molecule has 1 atom stereocenters. The lowest BCUT2D eigenvalue weighted by atomic mass is 10.1. The summed E-state index contributed by atoms with van der Waals surface area (Å²) in [5, 5.41) is 3.98. The van der Waals surface area contributed by atoms with Crippen molar-refractivity contribution in [3.63, 3.8) is 0 Å². The molecule has 0 bridgehead atoms. The fraction of sp³-hybridized carbons (Fsp3) is 0.304. The fourth-order valence-corrected chi connectivity index (χ4v) is 3.72. The van der Waals surface area contributed by atoms with Crippen molar-refractivity contribution in [2.24, 2.45) is 0 Å². The van der Waals surface area contributed by atoms with Gasteiger partial charge >= 0.3 is 0 Å². The van der Waals surface area contributed by atoms with E-state index < -0.39 is 23.7 Å². The first-order chi connectivity index (χ1) is 16.2. The van der Waals surface area contributed by atoms with Gasteiger partial charge in [-0.05, 0) is 54.5 Å². The minimum atomic E-state index is -1.02. The molecule has 11 heteroatoms.